The van der Waals surface area contributed by atoms with E-state index in [-0.39, 0.29) is 37.4 Å². The van der Waals surface area contributed by atoms with E-state index in [4.69, 9.17) is 5.73 Å². The number of amides is 5. The number of carboxylic acid groups (broad SMARTS) is 2. The van der Waals surface area contributed by atoms with Gasteiger partial charge in [-0.25, -0.2) is 4.79 Å². The summed E-state index contributed by atoms with van der Waals surface area (Å²) >= 11 is 4.06. The van der Waals surface area contributed by atoms with Crippen molar-refractivity contribution in [2.24, 2.45) is 5.73 Å². The summed E-state index contributed by atoms with van der Waals surface area (Å²) in [5, 5.41) is 35.1. The number of aliphatic carboxylic acids is 2. The van der Waals surface area contributed by atoms with E-state index < -0.39 is 84.6 Å². The highest BCUT2D eigenvalue weighted by atomic mass is 32.1. The molecule has 2 aliphatic rings. The lowest BCUT2D eigenvalue weighted by Gasteiger charge is -2.28. The van der Waals surface area contributed by atoms with Crippen LogP contribution in [0.2, 0.25) is 0 Å². The molecule has 1 aromatic rings. The van der Waals surface area contributed by atoms with Crippen LogP contribution in [0.5, 0.6) is 5.75 Å². The van der Waals surface area contributed by atoms with Crippen molar-refractivity contribution in [2.75, 3.05) is 25.4 Å². The van der Waals surface area contributed by atoms with E-state index in [1.54, 1.807) is 12.1 Å². The largest absolute Gasteiger partial charge is 0.508 e. The minimum Gasteiger partial charge on any atom is -0.508 e. The maximum atomic E-state index is 13.2. The highest BCUT2D eigenvalue weighted by molar-refractivity contribution is 7.80. The molecule has 2 heterocycles. The van der Waals surface area contributed by atoms with E-state index >= 15 is 0 Å². The predicted molar refractivity (Wildman–Crippen MR) is 160 cm³/mol. The Kier molecular flexibility index (Phi) is 12.5. The highest BCUT2D eigenvalue weighted by Gasteiger charge is 2.39. The Bertz CT molecular complexity index is 1290. The number of phenols is 1. The van der Waals surface area contributed by atoms with Gasteiger partial charge in [0.1, 0.15) is 29.9 Å². The fraction of sp³-hybridized carbons (Fsp3) is 0.536. The SMILES string of the molecule is N[C@@H](Cc1ccc(O)cc1)C(=O)N1CCC[C@H]1C(=O)N[C@@H](CC(=O)O)C(=O)N[C@@H](CS)C(=O)NCC(=O)N1CCC[C@H]1C(=O)O. The van der Waals surface area contributed by atoms with Crippen LogP contribution in [0.4, 0.5) is 0 Å². The second-order valence-corrected chi connectivity index (χ2v) is 11.2. The van der Waals surface area contributed by atoms with Crippen LogP contribution in [-0.4, -0.2) is 122 Å². The normalized spacial score (nSPS) is 19.7. The van der Waals surface area contributed by atoms with Gasteiger partial charge < -0.3 is 46.8 Å². The molecular weight excluding hydrogens is 612 g/mol. The molecular formula is C28H38N6O10S. The molecule has 246 valence electrons. The molecule has 5 amide bonds. The minimum atomic E-state index is -1.61. The number of benzene rings is 1. The van der Waals surface area contributed by atoms with Crippen molar-refractivity contribution in [3.8, 4) is 5.75 Å². The zero-order valence-electron chi connectivity index (χ0n) is 24.4. The number of nitrogens with one attached hydrogen (secondary N) is 3. The summed E-state index contributed by atoms with van der Waals surface area (Å²) in [5.74, 6) is -6.48. The first-order valence-electron chi connectivity index (χ1n) is 14.4. The monoisotopic (exact) mass is 650 g/mol. The number of hydrogen-bond acceptors (Lipinski definition) is 10. The Balaban J connectivity index is 1.59. The minimum absolute atomic E-state index is 0.0551. The molecule has 3 rings (SSSR count). The van der Waals surface area contributed by atoms with Gasteiger partial charge in [0, 0.05) is 18.8 Å². The molecule has 0 aliphatic carbocycles. The lowest BCUT2D eigenvalue weighted by atomic mass is 10.0. The Morgan fingerprint density at radius 1 is 0.889 bits per heavy atom. The van der Waals surface area contributed by atoms with Crippen LogP contribution >= 0.6 is 12.6 Å². The van der Waals surface area contributed by atoms with Gasteiger partial charge in [0.05, 0.1) is 19.0 Å². The summed E-state index contributed by atoms with van der Waals surface area (Å²) in [6.45, 7) is -0.0803. The van der Waals surface area contributed by atoms with Gasteiger partial charge in [0.2, 0.25) is 29.5 Å². The molecule has 0 radical (unpaired) electrons. The zero-order chi connectivity index (χ0) is 33.3. The van der Waals surface area contributed by atoms with Crippen molar-refractivity contribution in [2.45, 2.75) is 68.7 Å². The van der Waals surface area contributed by atoms with Gasteiger partial charge in [-0.2, -0.15) is 12.6 Å². The van der Waals surface area contributed by atoms with Gasteiger partial charge in [-0.05, 0) is 49.8 Å². The third-order valence-electron chi connectivity index (χ3n) is 7.65. The molecule has 0 bridgehead atoms. The number of thiol groups is 1. The third-order valence-corrected chi connectivity index (χ3v) is 8.01. The van der Waals surface area contributed by atoms with Crippen molar-refractivity contribution in [1.82, 2.24) is 25.8 Å². The van der Waals surface area contributed by atoms with Crippen LogP contribution in [0.25, 0.3) is 0 Å². The van der Waals surface area contributed by atoms with Gasteiger partial charge in [0.15, 0.2) is 0 Å². The van der Waals surface area contributed by atoms with Crippen LogP contribution < -0.4 is 21.7 Å². The number of nitrogens with zero attached hydrogens (tertiary/aromatic N) is 2. The number of hydrogen-bond donors (Lipinski definition) is 8. The molecule has 0 spiro atoms. The standard InChI is InChI=1S/C28H38N6O10S/c29-17(11-15-5-7-16(35)8-6-15)27(42)34-10-1-3-20(34)26(41)31-18(12-23(37)38)25(40)32-19(14-45)24(39)30-13-22(36)33-9-2-4-21(33)28(43)44/h5-8,17-21,35,45H,1-4,9-14,29H2,(H,30,39)(H,31,41)(H,32,40)(H,37,38)(H,43,44)/t17-,18-,19-,20-,21-/m0/s1. The number of phenolic OH excluding ortho intramolecular Hbond substituents is 1. The summed E-state index contributed by atoms with van der Waals surface area (Å²) in [7, 11) is 0. The topological polar surface area (TPSA) is 249 Å². The number of carboxylic acids is 2. The van der Waals surface area contributed by atoms with Crippen molar-refractivity contribution >= 4 is 54.1 Å². The van der Waals surface area contributed by atoms with Crippen LogP contribution in [0.1, 0.15) is 37.7 Å². The first-order chi connectivity index (χ1) is 21.3. The lowest BCUT2D eigenvalue weighted by Crippen LogP contribution is -2.58. The van der Waals surface area contributed by atoms with E-state index in [2.05, 4.69) is 28.6 Å². The second kappa shape index (κ2) is 16.1. The van der Waals surface area contributed by atoms with E-state index in [9.17, 15) is 48.9 Å². The highest BCUT2D eigenvalue weighted by Crippen LogP contribution is 2.20. The number of rotatable bonds is 14. The molecule has 17 heteroatoms. The third kappa shape index (κ3) is 9.55. The summed E-state index contributed by atoms with van der Waals surface area (Å²) in [6.07, 6.45) is 0.828. The molecule has 8 N–H and O–H groups in total. The maximum absolute atomic E-state index is 13.2. The van der Waals surface area contributed by atoms with Crippen LogP contribution in [-0.2, 0) is 40.0 Å². The van der Waals surface area contributed by atoms with E-state index in [0.29, 0.717) is 24.8 Å². The molecule has 0 saturated carbocycles. The Morgan fingerprint density at radius 2 is 1.51 bits per heavy atom. The van der Waals surface area contributed by atoms with Gasteiger partial charge in [-0.3, -0.25) is 28.8 Å². The summed E-state index contributed by atoms with van der Waals surface area (Å²) in [5.41, 5.74) is 6.81. The fourth-order valence-corrected chi connectivity index (χ4v) is 5.57. The first kappa shape index (κ1) is 35.1. The van der Waals surface area contributed by atoms with Gasteiger partial charge >= 0.3 is 11.9 Å². The summed E-state index contributed by atoms with van der Waals surface area (Å²) in [6, 6.07) is 0.211. The Hall–Kier alpha value is -4.38. The number of carbonyl (C=O) groups is 7. The van der Waals surface area contributed by atoms with E-state index in [1.807, 2.05) is 0 Å². The van der Waals surface area contributed by atoms with Crippen molar-refractivity contribution in [3.63, 3.8) is 0 Å². The number of likely N-dealkylation sites (tertiary alicyclic amines) is 2. The quantitative estimate of drug-likeness (QED) is 0.101. The Morgan fingerprint density at radius 3 is 2.11 bits per heavy atom. The molecule has 0 aromatic heterocycles. The first-order valence-corrected chi connectivity index (χ1v) is 15.0. The molecule has 5 atom stereocenters. The van der Waals surface area contributed by atoms with Gasteiger partial charge in [-0.1, -0.05) is 12.1 Å². The molecule has 2 aliphatic heterocycles. The van der Waals surface area contributed by atoms with Crippen LogP contribution in [0, 0.1) is 0 Å². The van der Waals surface area contributed by atoms with Crippen LogP contribution in [0.3, 0.4) is 0 Å². The maximum Gasteiger partial charge on any atom is 0.326 e. The van der Waals surface area contributed by atoms with Crippen molar-refractivity contribution < 1.29 is 48.9 Å². The predicted octanol–water partition coefficient (Wildman–Crippen LogP) is -2.18. The smallest absolute Gasteiger partial charge is 0.326 e. The number of carbonyl (C=O) groups excluding carboxylic acids is 5. The van der Waals surface area contributed by atoms with Crippen LogP contribution in [0.15, 0.2) is 24.3 Å². The van der Waals surface area contributed by atoms with Gasteiger partial charge in [-0.15, -0.1) is 0 Å². The van der Waals surface area contributed by atoms with Crippen molar-refractivity contribution in [3.05, 3.63) is 29.8 Å². The summed E-state index contributed by atoms with van der Waals surface area (Å²) in [4.78, 5) is 89.9. The molecule has 0 unspecified atom stereocenters. The zero-order valence-corrected chi connectivity index (χ0v) is 25.3. The average molecular weight is 651 g/mol. The average Bonchev–Trinajstić information content (AvgIpc) is 3.69. The molecule has 2 saturated heterocycles. The molecule has 45 heavy (non-hydrogen) atoms. The van der Waals surface area contributed by atoms with E-state index in [1.165, 1.54) is 17.0 Å². The summed E-state index contributed by atoms with van der Waals surface area (Å²) < 4.78 is 0. The van der Waals surface area contributed by atoms with Gasteiger partial charge in [0.25, 0.3) is 0 Å². The number of nitrogens with two attached hydrogens (primary N) is 1. The van der Waals surface area contributed by atoms with E-state index in [0.717, 1.165) is 4.90 Å². The Labute approximate surface area is 264 Å². The molecule has 2 fully saturated rings. The molecule has 16 nitrogen and oxygen atoms in total. The second-order valence-electron chi connectivity index (χ2n) is 10.9. The lowest BCUT2D eigenvalue weighted by molar-refractivity contribution is -0.148. The number of aromatic hydroxyl groups is 1. The van der Waals surface area contributed by atoms with Crippen molar-refractivity contribution in [1.29, 1.82) is 0 Å². The molecule has 1 aromatic carbocycles. The fourth-order valence-electron chi connectivity index (χ4n) is 5.32.